The SMILES string of the molecule is O=P(O)(O)OCO/N=C1/c2cc(S(=O)(=O)N3CCCCCC3)ccc2/C(=N\OCO[PH](O)(O)O)c2cc(S(=O)(=O)N3CCCCCC3)ccc21. The molecule has 2 aliphatic heterocycles. The normalized spacial score (nSPS) is 20.5. The van der Waals surface area contributed by atoms with E-state index in [-0.39, 0.29) is 43.5 Å². The summed E-state index contributed by atoms with van der Waals surface area (Å²) in [7, 11) is -17.9. The van der Waals surface area contributed by atoms with Crippen LogP contribution >= 0.6 is 16.0 Å². The Kier molecular flexibility index (Phi) is 12.5. The molecule has 0 aromatic heterocycles. The Hall–Kier alpha value is -2.42. The van der Waals surface area contributed by atoms with Gasteiger partial charge >= 0.3 is 238 Å². The third-order valence-electron chi connectivity index (χ3n) is 8.30. The summed E-state index contributed by atoms with van der Waals surface area (Å²) in [5, 5.41) is 8.11. The number of rotatable bonds is 12. The van der Waals surface area contributed by atoms with Crippen LogP contribution in [0.25, 0.3) is 0 Å². The second kappa shape index (κ2) is 16.1. The first-order valence-corrected chi connectivity index (χ1v) is 21.9. The molecule has 50 heavy (non-hydrogen) atoms. The summed E-state index contributed by atoms with van der Waals surface area (Å²) in [4.78, 5) is 56.0. The zero-order valence-electron chi connectivity index (χ0n) is 26.8. The van der Waals surface area contributed by atoms with Crippen molar-refractivity contribution >= 4 is 47.5 Å². The first-order chi connectivity index (χ1) is 23.6. The van der Waals surface area contributed by atoms with Gasteiger partial charge in [-0.2, -0.15) is 0 Å². The zero-order valence-corrected chi connectivity index (χ0v) is 30.4. The molecule has 0 saturated carbocycles. The van der Waals surface area contributed by atoms with Crippen LogP contribution in [0.3, 0.4) is 0 Å². The van der Waals surface area contributed by atoms with Crippen molar-refractivity contribution in [1.82, 2.24) is 8.61 Å². The van der Waals surface area contributed by atoms with E-state index in [9.17, 15) is 36.1 Å². The first-order valence-electron chi connectivity index (χ1n) is 15.8. The Morgan fingerprint density at radius 3 is 1.42 bits per heavy atom. The van der Waals surface area contributed by atoms with Crippen LogP contribution < -0.4 is 0 Å². The molecule has 2 aromatic carbocycles. The molecule has 2 aromatic rings. The van der Waals surface area contributed by atoms with Crippen LogP contribution in [0.15, 0.2) is 56.5 Å². The van der Waals surface area contributed by atoms with Crippen LogP contribution in [-0.2, 0) is 43.3 Å². The molecule has 2 fully saturated rings. The average Bonchev–Trinajstić information content (AvgIpc) is 3.51. The molecule has 278 valence electrons. The quantitative estimate of drug-likeness (QED) is 0.0764. The van der Waals surface area contributed by atoms with Gasteiger partial charge in [-0.3, -0.25) is 0 Å². The summed E-state index contributed by atoms with van der Waals surface area (Å²) in [6, 6.07) is 8.15. The van der Waals surface area contributed by atoms with Crippen molar-refractivity contribution in [3.63, 3.8) is 0 Å². The van der Waals surface area contributed by atoms with Crippen LogP contribution in [0.2, 0.25) is 0 Å². The van der Waals surface area contributed by atoms with Crippen molar-refractivity contribution in [2.75, 3.05) is 39.8 Å². The van der Waals surface area contributed by atoms with Gasteiger partial charge in [0.25, 0.3) is 0 Å². The van der Waals surface area contributed by atoms with Crippen molar-refractivity contribution in [3.05, 3.63) is 58.7 Å². The molecule has 1 aliphatic carbocycles. The second-order valence-electron chi connectivity index (χ2n) is 11.8. The maximum atomic E-state index is 13.8. The molecule has 5 rings (SSSR count). The molecule has 0 spiro atoms. The third-order valence-corrected chi connectivity index (χ3v) is 13.0. The van der Waals surface area contributed by atoms with Crippen molar-refractivity contribution in [1.29, 1.82) is 0 Å². The van der Waals surface area contributed by atoms with E-state index in [4.69, 9.17) is 19.5 Å². The van der Waals surface area contributed by atoms with Crippen molar-refractivity contribution in [3.8, 4) is 0 Å². The number of nitrogens with zero attached hydrogens (tertiary/aromatic N) is 4. The van der Waals surface area contributed by atoms with Crippen molar-refractivity contribution < 1.29 is 64.6 Å². The molecule has 2 heterocycles. The molecule has 5 N–H and O–H groups in total. The predicted molar refractivity (Wildman–Crippen MR) is 180 cm³/mol. The Balaban J connectivity index is 1.65. The van der Waals surface area contributed by atoms with Crippen LogP contribution in [0.1, 0.15) is 73.6 Å². The molecule has 0 radical (unpaired) electrons. The van der Waals surface area contributed by atoms with E-state index in [1.165, 1.54) is 45.0 Å². The zero-order chi connectivity index (χ0) is 36.2. The van der Waals surface area contributed by atoms with Gasteiger partial charge < -0.3 is 9.79 Å². The van der Waals surface area contributed by atoms with Gasteiger partial charge in [0.05, 0.1) is 0 Å². The Labute approximate surface area is 289 Å². The number of benzene rings is 2. The molecular formula is C28H40N4O14P2S2. The molecule has 18 nitrogen and oxygen atoms in total. The van der Waals surface area contributed by atoms with Gasteiger partial charge in [0.1, 0.15) is 0 Å². The van der Waals surface area contributed by atoms with E-state index >= 15 is 0 Å². The van der Waals surface area contributed by atoms with Crippen LogP contribution in [-0.4, -0.2) is 101 Å². The van der Waals surface area contributed by atoms with Gasteiger partial charge in [-0.15, -0.1) is 0 Å². The van der Waals surface area contributed by atoms with Gasteiger partial charge in [-0.1, -0.05) is 25.7 Å². The van der Waals surface area contributed by atoms with Crippen LogP contribution in [0, 0.1) is 0 Å². The Bertz CT molecular complexity index is 1860. The number of hydrogen-bond donors (Lipinski definition) is 5. The number of hydrogen-bond acceptors (Lipinski definition) is 14. The monoisotopic (exact) mass is 782 g/mol. The summed E-state index contributed by atoms with van der Waals surface area (Å²) < 4.78 is 78.1. The van der Waals surface area contributed by atoms with E-state index in [0.717, 1.165) is 25.7 Å². The van der Waals surface area contributed by atoms with Crippen molar-refractivity contribution in [2.24, 2.45) is 10.3 Å². The number of fused-ring (bicyclic) bond motifs is 2. The third kappa shape index (κ3) is 9.51. The van der Waals surface area contributed by atoms with E-state index in [0.29, 0.717) is 51.9 Å². The fraction of sp³-hybridized carbons (Fsp3) is 0.500. The van der Waals surface area contributed by atoms with Crippen LogP contribution in [0.5, 0.6) is 0 Å². The van der Waals surface area contributed by atoms with E-state index < -0.39 is 49.6 Å². The Morgan fingerprint density at radius 2 is 1.04 bits per heavy atom. The molecule has 3 aliphatic rings. The first kappa shape index (κ1) is 38.8. The van der Waals surface area contributed by atoms with E-state index in [1.54, 1.807) is 0 Å². The van der Waals surface area contributed by atoms with Gasteiger partial charge in [0.15, 0.2) is 0 Å². The van der Waals surface area contributed by atoms with Gasteiger partial charge in [-0.25, -0.2) is 4.57 Å². The van der Waals surface area contributed by atoms with Gasteiger partial charge in [-0.05, 0) is 12.8 Å². The van der Waals surface area contributed by atoms with Gasteiger partial charge in [0.2, 0.25) is 0 Å². The van der Waals surface area contributed by atoms with Crippen LogP contribution in [0.4, 0.5) is 0 Å². The minimum atomic E-state index is -4.99. The molecular weight excluding hydrogens is 742 g/mol. The van der Waals surface area contributed by atoms with Crippen molar-refractivity contribution in [2.45, 2.75) is 61.2 Å². The van der Waals surface area contributed by atoms with Gasteiger partial charge in [0, 0.05) is 0 Å². The second-order valence-corrected chi connectivity index (χ2v) is 18.3. The number of phosphoric acid groups is 1. The molecule has 0 bridgehead atoms. The average molecular weight is 783 g/mol. The summed E-state index contributed by atoms with van der Waals surface area (Å²) >= 11 is 0. The number of phosphoric ester groups is 1. The molecule has 0 atom stereocenters. The maximum absolute atomic E-state index is 13.8. The number of sulfonamides is 2. The summed E-state index contributed by atoms with van der Waals surface area (Å²) in [5.74, 6) is 0. The predicted octanol–water partition coefficient (Wildman–Crippen LogP) is 2.10. The summed E-state index contributed by atoms with van der Waals surface area (Å²) in [6.07, 6.45) is 6.33. The van der Waals surface area contributed by atoms with E-state index in [2.05, 4.69) is 19.4 Å². The molecule has 0 amide bonds. The topological polar surface area (TPSA) is 255 Å². The minimum absolute atomic E-state index is 0.0308. The fourth-order valence-corrected chi connectivity index (χ4v) is 9.38. The fourth-order valence-electron chi connectivity index (χ4n) is 5.90. The number of oxime groups is 2. The van der Waals surface area contributed by atoms with E-state index in [1.807, 2.05) is 0 Å². The summed E-state index contributed by atoms with van der Waals surface area (Å²) in [6.45, 7) is -0.595. The molecule has 0 unspecified atom stereocenters. The molecule has 2 saturated heterocycles. The standard InChI is InChI=1S/C28H40N4O14P2S2/c33-47(34,35)45-19-43-29-27-24-12-10-22(50(41,42)32-15-7-3-4-8-16-32)18-26(24)28(30-44-20-46-48(36,37)38)23-11-9-21(17-25(23)27)49(39,40)31-13-5-1-2-6-14-31/h9-12,17-18,33-35,47H,1-8,13-16,19-20H2,(H2,36,37,38)/b29-27+,30-28+. The Morgan fingerprint density at radius 1 is 0.640 bits per heavy atom. The molecule has 22 heteroatoms. The summed E-state index contributed by atoms with van der Waals surface area (Å²) in [5.41, 5.74) is 0.513.